The number of nitrogens with zero attached hydrogens (tertiary/aromatic N) is 2. The van der Waals surface area contributed by atoms with E-state index in [1.54, 1.807) is 40.1 Å². The SMILES string of the molecule is CCN1CCc2c(sc(NC(=O)/C=C/c3cccs3)c2-c2nc3ccccc3s2)C1. The molecule has 0 aliphatic carbocycles. The van der Waals surface area contributed by atoms with E-state index in [1.165, 1.54) is 15.1 Å². The highest BCUT2D eigenvalue weighted by Crippen LogP contribution is 2.45. The average molecular weight is 452 g/mol. The second-order valence-corrected chi connectivity index (χ2v) is 10.3. The molecule has 4 nitrogen and oxygen atoms in total. The van der Waals surface area contributed by atoms with Gasteiger partial charge in [-0.1, -0.05) is 25.1 Å². The van der Waals surface area contributed by atoms with Gasteiger partial charge in [-0.05, 0) is 48.2 Å². The number of hydrogen-bond donors (Lipinski definition) is 1. The van der Waals surface area contributed by atoms with Crippen LogP contribution in [0.3, 0.4) is 0 Å². The third-order valence-corrected chi connectivity index (χ3v) is 8.29. The molecule has 4 aromatic rings. The van der Waals surface area contributed by atoms with Crippen molar-refractivity contribution in [2.45, 2.75) is 19.9 Å². The molecular formula is C23H21N3OS3. The molecule has 0 saturated carbocycles. The number of fused-ring (bicyclic) bond motifs is 2. The molecule has 0 spiro atoms. The van der Waals surface area contributed by atoms with Gasteiger partial charge in [0.25, 0.3) is 0 Å². The summed E-state index contributed by atoms with van der Waals surface area (Å²) in [5, 5.41) is 7.07. The summed E-state index contributed by atoms with van der Waals surface area (Å²) in [7, 11) is 0. The van der Waals surface area contributed by atoms with E-state index in [0.717, 1.165) is 52.0 Å². The lowest BCUT2D eigenvalue weighted by molar-refractivity contribution is -0.111. The second kappa shape index (κ2) is 8.43. The summed E-state index contributed by atoms with van der Waals surface area (Å²) in [5.74, 6) is -0.100. The van der Waals surface area contributed by atoms with E-state index in [1.807, 2.05) is 35.7 Å². The molecule has 1 aromatic carbocycles. The van der Waals surface area contributed by atoms with E-state index in [0.29, 0.717) is 0 Å². The van der Waals surface area contributed by atoms with E-state index in [4.69, 9.17) is 4.98 Å². The van der Waals surface area contributed by atoms with Crippen LogP contribution in [0.15, 0.2) is 47.9 Å². The highest BCUT2D eigenvalue weighted by Gasteiger charge is 2.27. The van der Waals surface area contributed by atoms with Crippen LogP contribution in [0.4, 0.5) is 5.00 Å². The summed E-state index contributed by atoms with van der Waals surface area (Å²) in [5.41, 5.74) is 3.48. The Morgan fingerprint density at radius 2 is 2.13 bits per heavy atom. The minimum atomic E-state index is -0.100. The molecule has 1 amide bonds. The smallest absolute Gasteiger partial charge is 0.249 e. The summed E-state index contributed by atoms with van der Waals surface area (Å²) in [6.45, 7) is 5.23. The highest BCUT2D eigenvalue weighted by molar-refractivity contribution is 7.23. The van der Waals surface area contributed by atoms with Crippen molar-refractivity contribution in [2.24, 2.45) is 0 Å². The van der Waals surface area contributed by atoms with Crippen LogP contribution in [0.5, 0.6) is 0 Å². The van der Waals surface area contributed by atoms with Crippen LogP contribution in [0.2, 0.25) is 0 Å². The number of carbonyl (C=O) groups excluding carboxylic acids is 1. The lowest BCUT2D eigenvalue weighted by Gasteiger charge is -2.25. The monoisotopic (exact) mass is 451 g/mol. The molecule has 4 heterocycles. The zero-order valence-corrected chi connectivity index (χ0v) is 19.0. The van der Waals surface area contributed by atoms with Crippen molar-refractivity contribution >= 4 is 61.2 Å². The Labute approximate surface area is 187 Å². The van der Waals surface area contributed by atoms with Gasteiger partial charge in [0.15, 0.2) is 0 Å². The van der Waals surface area contributed by atoms with E-state index >= 15 is 0 Å². The van der Waals surface area contributed by atoms with E-state index in [-0.39, 0.29) is 5.91 Å². The van der Waals surface area contributed by atoms with Gasteiger partial charge in [-0.3, -0.25) is 9.69 Å². The van der Waals surface area contributed by atoms with Crippen molar-refractivity contribution < 1.29 is 4.79 Å². The van der Waals surface area contributed by atoms with Crippen molar-refractivity contribution in [1.29, 1.82) is 0 Å². The molecule has 3 aromatic heterocycles. The number of aromatic nitrogens is 1. The normalized spacial score (nSPS) is 14.4. The van der Waals surface area contributed by atoms with Crippen LogP contribution in [0.25, 0.3) is 26.9 Å². The van der Waals surface area contributed by atoms with Gasteiger partial charge in [0.1, 0.15) is 10.0 Å². The molecule has 7 heteroatoms. The minimum absolute atomic E-state index is 0.100. The largest absolute Gasteiger partial charge is 0.313 e. The third kappa shape index (κ3) is 3.86. The molecule has 5 rings (SSSR count). The molecule has 0 radical (unpaired) electrons. The standard InChI is InChI=1S/C23H21N3OS3/c1-2-26-12-11-16-19(14-26)30-23(25-20(27)10-9-15-6-5-13-28-15)21(16)22-24-17-7-3-4-8-18(17)29-22/h3-10,13H,2,11-12,14H2,1H3,(H,25,27)/b10-9+. The highest BCUT2D eigenvalue weighted by atomic mass is 32.1. The molecule has 1 N–H and O–H groups in total. The molecule has 152 valence electrons. The maximum absolute atomic E-state index is 12.7. The van der Waals surface area contributed by atoms with E-state index in [9.17, 15) is 4.79 Å². The Balaban J connectivity index is 1.52. The van der Waals surface area contributed by atoms with Crippen molar-refractivity contribution in [3.05, 3.63) is 63.2 Å². The van der Waals surface area contributed by atoms with Crippen LogP contribution < -0.4 is 5.32 Å². The first-order chi connectivity index (χ1) is 14.7. The van der Waals surface area contributed by atoms with Crippen LogP contribution in [-0.4, -0.2) is 28.9 Å². The molecule has 30 heavy (non-hydrogen) atoms. The van der Waals surface area contributed by atoms with E-state index in [2.05, 4.69) is 29.3 Å². The van der Waals surface area contributed by atoms with Gasteiger partial charge < -0.3 is 5.32 Å². The third-order valence-electron chi connectivity index (χ3n) is 5.27. The number of thiophene rings is 2. The number of thiazole rings is 1. The summed E-state index contributed by atoms with van der Waals surface area (Å²) in [6.07, 6.45) is 4.47. The molecule has 0 atom stereocenters. The molecule has 1 aliphatic rings. The van der Waals surface area contributed by atoms with Gasteiger partial charge in [-0.2, -0.15) is 0 Å². The number of amides is 1. The second-order valence-electron chi connectivity index (χ2n) is 7.15. The number of anilines is 1. The van der Waals surface area contributed by atoms with Crippen molar-refractivity contribution in [2.75, 3.05) is 18.4 Å². The molecule has 0 fully saturated rings. The summed E-state index contributed by atoms with van der Waals surface area (Å²) in [6, 6.07) is 12.2. The number of hydrogen-bond acceptors (Lipinski definition) is 6. The van der Waals surface area contributed by atoms with Crippen LogP contribution >= 0.6 is 34.0 Å². The fourth-order valence-electron chi connectivity index (χ4n) is 3.72. The van der Waals surface area contributed by atoms with Crippen molar-refractivity contribution in [1.82, 2.24) is 9.88 Å². The minimum Gasteiger partial charge on any atom is -0.313 e. The van der Waals surface area contributed by atoms with E-state index < -0.39 is 0 Å². The number of para-hydroxylation sites is 1. The van der Waals surface area contributed by atoms with Crippen molar-refractivity contribution in [3.63, 3.8) is 0 Å². The quantitative estimate of drug-likeness (QED) is 0.372. The molecular weight excluding hydrogens is 430 g/mol. The first-order valence-corrected chi connectivity index (χ1v) is 12.5. The summed E-state index contributed by atoms with van der Waals surface area (Å²) in [4.78, 5) is 22.4. The predicted octanol–water partition coefficient (Wildman–Crippen LogP) is 6.12. The molecule has 1 aliphatic heterocycles. The maximum atomic E-state index is 12.7. The predicted molar refractivity (Wildman–Crippen MR) is 130 cm³/mol. The number of carbonyl (C=O) groups is 1. The van der Waals surface area contributed by atoms with Gasteiger partial charge in [-0.15, -0.1) is 34.0 Å². The Kier molecular flexibility index (Phi) is 5.52. The van der Waals surface area contributed by atoms with Gasteiger partial charge in [-0.25, -0.2) is 4.98 Å². The van der Waals surface area contributed by atoms with Gasteiger partial charge in [0, 0.05) is 34.5 Å². The Morgan fingerprint density at radius 1 is 1.23 bits per heavy atom. The van der Waals surface area contributed by atoms with Crippen LogP contribution in [-0.2, 0) is 17.8 Å². The summed E-state index contributed by atoms with van der Waals surface area (Å²) >= 11 is 5.02. The van der Waals surface area contributed by atoms with Crippen LogP contribution in [0.1, 0.15) is 22.2 Å². The molecule has 0 bridgehead atoms. The number of likely N-dealkylation sites (N-methyl/N-ethyl adjacent to an activating group) is 1. The lowest BCUT2D eigenvalue weighted by atomic mass is 10.0. The average Bonchev–Trinajstić information content (AvgIpc) is 3.49. The zero-order chi connectivity index (χ0) is 20.5. The molecule has 0 saturated heterocycles. The number of benzene rings is 1. The zero-order valence-electron chi connectivity index (χ0n) is 16.6. The van der Waals surface area contributed by atoms with Gasteiger partial charge >= 0.3 is 0 Å². The Hall–Kier alpha value is -2.32. The fourth-order valence-corrected chi connectivity index (χ4v) is 6.74. The van der Waals surface area contributed by atoms with Crippen LogP contribution in [0, 0.1) is 0 Å². The number of nitrogens with one attached hydrogen (secondary N) is 1. The Morgan fingerprint density at radius 3 is 2.93 bits per heavy atom. The first-order valence-electron chi connectivity index (χ1n) is 9.96. The maximum Gasteiger partial charge on any atom is 0.249 e. The van der Waals surface area contributed by atoms with Gasteiger partial charge in [0.05, 0.1) is 10.2 Å². The molecule has 0 unspecified atom stereocenters. The first kappa shape index (κ1) is 19.6. The van der Waals surface area contributed by atoms with Gasteiger partial charge in [0.2, 0.25) is 5.91 Å². The van der Waals surface area contributed by atoms with Crippen molar-refractivity contribution in [3.8, 4) is 10.6 Å². The lowest BCUT2D eigenvalue weighted by Crippen LogP contribution is -2.29. The topological polar surface area (TPSA) is 45.2 Å². The fraction of sp³-hybridized carbons (Fsp3) is 0.217. The Bertz CT molecular complexity index is 1190. The number of rotatable bonds is 5. The summed E-state index contributed by atoms with van der Waals surface area (Å²) < 4.78 is 1.17.